The van der Waals surface area contributed by atoms with Gasteiger partial charge in [-0.2, -0.15) is 0 Å². The van der Waals surface area contributed by atoms with E-state index in [1.54, 1.807) is 0 Å². The Morgan fingerprint density at radius 2 is 2.00 bits per heavy atom. The predicted octanol–water partition coefficient (Wildman–Crippen LogP) is 3.17. The van der Waals surface area contributed by atoms with E-state index in [1.807, 2.05) is 11.3 Å². The summed E-state index contributed by atoms with van der Waals surface area (Å²) >= 11 is 1.85. The third-order valence-corrected chi connectivity index (χ3v) is 4.89. The maximum atomic E-state index is 4.89. The number of hydrogen-bond donors (Lipinski definition) is 1. The van der Waals surface area contributed by atoms with Gasteiger partial charge in [0.1, 0.15) is 0 Å². The Morgan fingerprint density at radius 3 is 2.67 bits per heavy atom. The first-order valence-corrected chi connectivity index (χ1v) is 8.46. The van der Waals surface area contributed by atoms with E-state index in [9.17, 15) is 0 Å². The van der Waals surface area contributed by atoms with Gasteiger partial charge < -0.3 is 10.2 Å². The molecule has 2 aromatic rings. The van der Waals surface area contributed by atoms with Crippen LogP contribution in [0.4, 0.5) is 0 Å². The number of nitrogens with zero attached hydrogens (tertiary/aromatic N) is 2. The summed E-state index contributed by atoms with van der Waals surface area (Å²) in [6, 6.07) is 11.4. The molecular formula is C17H23N3S. The third kappa shape index (κ3) is 4.13. The van der Waals surface area contributed by atoms with Crippen LogP contribution in [0.3, 0.4) is 0 Å². The molecule has 112 valence electrons. The summed E-state index contributed by atoms with van der Waals surface area (Å²) < 4.78 is 0. The second-order valence-corrected chi connectivity index (χ2v) is 7.04. The number of aromatic nitrogens is 1. The number of benzene rings is 1. The molecule has 1 aliphatic carbocycles. The maximum Gasteiger partial charge on any atom is 0.0948 e. The van der Waals surface area contributed by atoms with E-state index in [0.717, 1.165) is 25.6 Å². The van der Waals surface area contributed by atoms with Gasteiger partial charge in [0, 0.05) is 25.6 Å². The fourth-order valence-corrected chi connectivity index (χ4v) is 3.36. The SMILES string of the molecule is CN(C)CCc1nc(CNC2CC2)c(-c2ccccc2)s1. The van der Waals surface area contributed by atoms with Crippen LogP contribution in [-0.4, -0.2) is 36.6 Å². The summed E-state index contributed by atoms with van der Waals surface area (Å²) in [4.78, 5) is 8.43. The number of nitrogens with one attached hydrogen (secondary N) is 1. The Balaban J connectivity index is 1.80. The molecule has 1 aromatic carbocycles. The van der Waals surface area contributed by atoms with Crippen molar-refractivity contribution in [2.24, 2.45) is 0 Å². The van der Waals surface area contributed by atoms with Crippen LogP contribution in [-0.2, 0) is 13.0 Å². The minimum Gasteiger partial charge on any atom is -0.309 e. The largest absolute Gasteiger partial charge is 0.309 e. The number of hydrogen-bond acceptors (Lipinski definition) is 4. The molecule has 0 unspecified atom stereocenters. The first kappa shape index (κ1) is 14.7. The lowest BCUT2D eigenvalue weighted by Gasteiger charge is -2.06. The van der Waals surface area contributed by atoms with E-state index in [1.165, 1.54) is 34.0 Å². The van der Waals surface area contributed by atoms with Gasteiger partial charge in [-0.3, -0.25) is 0 Å². The van der Waals surface area contributed by atoms with Gasteiger partial charge in [-0.25, -0.2) is 4.98 Å². The summed E-state index contributed by atoms with van der Waals surface area (Å²) in [7, 11) is 4.22. The number of likely N-dealkylation sites (N-methyl/N-ethyl adjacent to an activating group) is 1. The fraction of sp³-hybridized carbons (Fsp3) is 0.471. The van der Waals surface area contributed by atoms with E-state index in [-0.39, 0.29) is 0 Å². The molecule has 0 saturated heterocycles. The molecule has 3 rings (SSSR count). The molecule has 4 heteroatoms. The first-order valence-electron chi connectivity index (χ1n) is 7.64. The van der Waals surface area contributed by atoms with Gasteiger partial charge in [0.2, 0.25) is 0 Å². The summed E-state index contributed by atoms with van der Waals surface area (Å²) in [5.74, 6) is 0. The van der Waals surface area contributed by atoms with Gasteiger partial charge in [0.25, 0.3) is 0 Å². The highest BCUT2D eigenvalue weighted by atomic mass is 32.1. The minimum atomic E-state index is 0.723. The lowest BCUT2D eigenvalue weighted by atomic mass is 10.1. The van der Waals surface area contributed by atoms with Gasteiger partial charge in [0.05, 0.1) is 15.6 Å². The van der Waals surface area contributed by atoms with E-state index < -0.39 is 0 Å². The molecule has 0 aliphatic heterocycles. The van der Waals surface area contributed by atoms with Crippen molar-refractivity contribution in [3.8, 4) is 10.4 Å². The molecule has 1 fully saturated rings. The molecule has 0 bridgehead atoms. The van der Waals surface area contributed by atoms with Crippen molar-refractivity contribution in [3.63, 3.8) is 0 Å². The molecule has 1 saturated carbocycles. The van der Waals surface area contributed by atoms with Crippen LogP contribution in [0.5, 0.6) is 0 Å². The molecule has 1 aromatic heterocycles. The zero-order valence-electron chi connectivity index (χ0n) is 12.8. The summed E-state index contributed by atoms with van der Waals surface area (Å²) in [6.07, 6.45) is 3.66. The Hall–Kier alpha value is -1.23. The zero-order valence-corrected chi connectivity index (χ0v) is 13.6. The Bertz CT molecular complexity index is 573. The predicted molar refractivity (Wildman–Crippen MR) is 89.7 cm³/mol. The second kappa shape index (κ2) is 6.69. The summed E-state index contributed by atoms with van der Waals surface area (Å²) in [6.45, 7) is 1.95. The molecule has 0 amide bonds. The van der Waals surface area contributed by atoms with E-state index in [2.05, 4.69) is 54.6 Å². The Morgan fingerprint density at radius 1 is 1.24 bits per heavy atom. The molecule has 0 radical (unpaired) electrons. The Labute approximate surface area is 131 Å². The van der Waals surface area contributed by atoms with Gasteiger partial charge in [0.15, 0.2) is 0 Å². The molecule has 1 heterocycles. The van der Waals surface area contributed by atoms with Crippen molar-refractivity contribution in [1.82, 2.24) is 15.2 Å². The molecule has 1 N–H and O–H groups in total. The molecule has 1 aliphatic rings. The van der Waals surface area contributed by atoms with Gasteiger partial charge in [-0.1, -0.05) is 30.3 Å². The van der Waals surface area contributed by atoms with Crippen LogP contribution >= 0.6 is 11.3 Å². The fourth-order valence-electron chi connectivity index (χ4n) is 2.29. The standard InChI is InChI=1S/C17H23N3S/c1-20(2)11-10-16-19-15(12-18-14-8-9-14)17(21-16)13-6-4-3-5-7-13/h3-7,14,18H,8-12H2,1-2H3. The lowest BCUT2D eigenvalue weighted by molar-refractivity contribution is 0.413. The highest BCUT2D eigenvalue weighted by Gasteiger charge is 2.22. The molecule has 3 nitrogen and oxygen atoms in total. The van der Waals surface area contributed by atoms with Crippen molar-refractivity contribution in [3.05, 3.63) is 41.0 Å². The average molecular weight is 301 g/mol. The molecular weight excluding hydrogens is 278 g/mol. The van der Waals surface area contributed by atoms with Crippen molar-refractivity contribution in [2.75, 3.05) is 20.6 Å². The molecule has 0 atom stereocenters. The number of thiazole rings is 1. The monoisotopic (exact) mass is 301 g/mol. The van der Waals surface area contributed by atoms with Crippen molar-refractivity contribution in [2.45, 2.75) is 31.8 Å². The minimum absolute atomic E-state index is 0.723. The van der Waals surface area contributed by atoms with Crippen LogP contribution in [0.1, 0.15) is 23.5 Å². The number of rotatable bonds is 7. The van der Waals surface area contributed by atoms with Gasteiger partial charge >= 0.3 is 0 Å². The smallest absolute Gasteiger partial charge is 0.0948 e. The average Bonchev–Trinajstić information content (AvgIpc) is 3.23. The molecule has 0 spiro atoms. The second-order valence-electron chi connectivity index (χ2n) is 5.96. The van der Waals surface area contributed by atoms with Crippen molar-refractivity contribution in [1.29, 1.82) is 0 Å². The van der Waals surface area contributed by atoms with Crippen LogP contribution in [0.15, 0.2) is 30.3 Å². The highest BCUT2D eigenvalue weighted by Crippen LogP contribution is 2.31. The normalized spacial score (nSPS) is 14.8. The van der Waals surface area contributed by atoms with E-state index in [0.29, 0.717) is 0 Å². The van der Waals surface area contributed by atoms with E-state index in [4.69, 9.17) is 4.98 Å². The summed E-state index contributed by atoms with van der Waals surface area (Å²) in [5, 5.41) is 4.84. The topological polar surface area (TPSA) is 28.2 Å². The summed E-state index contributed by atoms with van der Waals surface area (Å²) in [5.41, 5.74) is 2.51. The third-order valence-electron chi connectivity index (χ3n) is 3.69. The van der Waals surface area contributed by atoms with Crippen LogP contribution in [0, 0.1) is 0 Å². The molecule has 21 heavy (non-hydrogen) atoms. The first-order chi connectivity index (χ1) is 10.2. The van der Waals surface area contributed by atoms with Crippen molar-refractivity contribution < 1.29 is 0 Å². The van der Waals surface area contributed by atoms with Gasteiger partial charge in [-0.15, -0.1) is 11.3 Å². The zero-order chi connectivity index (χ0) is 14.7. The maximum absolute atomic E-state index is 4.89. The Kier molecular flexibility index (Phi) is 4.68. The van der Waals surface area contributed by atoms with Crippen LogP contribution < -0.4 is 5.32 Å². The highest BCUT2D eigenvalue weighted by molar-refractivity contribution is 7.15. The van der Waals surface area contributed by atoms with Crippen molar-refractivity contribution >= 4 is 11.3 Å². The quantitative estimate of drug-likeness (QED) is 0.851. The lowest BCUT2D eigenvalue weighted by Crippen LogP contribution is -2.16. The van der Waals surface area contributed by atoms with E-state index >= 15 is 0 Å². The van der Waals surface area contributed by atoms with Gasteiger partial charge in [-0.05, 0) is 32.5 Å². The van der Waals surface area contributed by atoms with Crippen LogP contribution in [0.25, 0.3) is 10.4 Å². The van der Waals surface area contributed by atoms with Crippen LogP contribution in [0.2, 0.25) is 0 Å².